The Labute approximate surface area is 95.7 Å². The summed E-state index contributed by atoms with van der Waals surface area (Å²) in [5, 5.41) is 0. The molecule has 0 spiro atoms. The minimum Gasteiger partial charge on any atom is -0.344 e. The number of nitrogens with two attached hydrogens (primary N) is 1. The molecule has 0 radical (unpaired) electrons. The van der Waals surface area contributed by atoms with Crippen LogP contribution >= 0.6 is 0 Å². The number of aryl methyl sites for hydroxylation is 2. The van der Waals surface area contributed by atoms with Crippen molar-refractivity contribution < 1.29 is 0 Å². The van der Waals surface area contributed by atoms with E-state index in [2.05, 4.69) is 39.6 Å². The van der Waals surface area contributed by atoms with E-state index in [-0.39, 0.29) is 0 Å². The van der Waals surface area contributed by atoms with Gasteiger partial charge in [-0.05, 0) is 24.6 Å². The van der Waals surface area contributed by atoms with Crippen molar-refractivity contribution in [2.75, 3.05) is 25.0 Å². The quantitative estimate of drug-likeness (QED) is 0.844. The number of hydrogen-bond acceptors (Lipinski definition) is 3. The summed E-state index contributed by atoms with van der Waals surface area (Å²) in [6.45, 7) is 3.53. The molecule has 0 bridgehead atoms. The topological polar surface area (TPSA) is 47.1 Å². The Morgan fingerprint density at radius 1 is 1.44 bits per heavy atom. The zero-order valence-corrected chi connectivity index (χ0v) is 10.1. The molecule has 0 atom stereocenters. The molecule has 0 aliphatic carbocycles. The second-order valence-corrected chi connectivity index (χ2v) is 4.17. The van der Waals surface area contributed by atoms with Crippen LogP contribution in [-0.4, -0.2) is 29.7 Å². The lowest BCUT2D eigenvalue weighted by Crippen LogP contribution is -2.27. The third-order valence-electron chi connectivity index (χ3n) is 2.82. The van der Waals surface area contributed by atoms with E-state index in [1.54, 1.807) is 0 Å². The van der Waals surface area contributed by atoms with Crippen molar-refractivity contribution in [3.05, 3.63) is 23.8 Å². The summed E-state index contributed by atoms with van der Waals surface area (Å²) in [5.74, 6) is 0.964. The molecule has 4 heteroatoms. The minimum atomic E-state index is 0.638. The molecule has 86 valence electrons. The van der Waals surface area contributed by atoms with Crippen LogP contribution in [0.15, 0.2) is 18.2 Å². The van der Waals surface area contributed by atoms with Crippen molar-refractivity contribution in [1.29, 1.82) is 0 Å². The maximum absolute atomic E-state index is 5.56. The predicted octanol–water partition coefficient (Wildman–Crippen LogP) is 1.28. The number of rotatable bonds is 3. The molecule has 0 aliphatic rings. The first-order valence-electron chi connectivity index (χ1n) is 5.47. The first kappa shape index (κ1) is 11.0. The number of anilines is 1. The van der Waals surface area contributed by atoms with E-state index >= 15 is 0 Å². The highest BCUT2D eigenvalue weighted by Crippen LogP contribution is 2.21. The Bertz CT molecular complexity index is 501. The largest absolute Gasteiger partial charge is 0.344 e. The molecule has 1 heterocycles. The van der Waals surface area contributed by atoms with Crippen LogP contribution in [0.5, 0.6) is 0 Å². The first-order chi connectivity index (χ1) is 7.63. The van der Waals surface area contributed by atoms with Crippen LogP contribution < -0.4 is 10.6 Å². The molecule has 2 N–H and O–H groups in total. The molecular weight excluding hydrogens is 200 g/mol. The molecule has 0 fully saturated rings. The lowest BCUT2D eigenvalue weighted by Gasteiger charge is -2.16. The summed E-state index contributed by atoms with van der Waals surface area (Å²) in [7, 11) is 4.05. The van der Waals surface area contributed by atoms with Gasteiger partial charge in [0.25, 0.3) is 0 Å². The van der Waals surface area contributed by atoms with Crippen molar-refractivity contribution in [3.8, 4) is 0 Å². The molecule has 1 aromatic heterocycles. The second kappa shape index (κ2) is 4.14. The van der Waals surface area contributed by atoms with Gasteiger partial charge in [-0.1, -0.05) is 6.07 Å². The van der Waals surface area contributed by atoms with Gasteiger partial charge in [0.2, 0.25) is 5.95 Å². The van der Waals surface area contributed by atoms with Gasteiger partial charge in [-0.3, -0.25) is 0 Å². The van der Waals surface area contributed by atoms with Gasteiger partial charge in [-0.25, -0.2) is 4.98 Å². The molecule has 0 aliphatic heterocycles. The number of nitrogens with zero attached hydrogens (tertiary/aromatic N) is 3. The SMILES string of the molecule is Cc1ccc2c(c1)nc(N(C)CCN)n2C. The van der Waals surface area contributed by atoms with E-state index in [0.717, 1.165) is 23.5 Å². The molecular formula is C12H18N4. The van der Waals surface area contributed by atoms with Gasteiger partial charge < -0.3 is 15.2 Å². The lowest BCUT2D eigenvalue weighted by molar-refractivity contribution is 0.808. The third kappa shape index (κ3) is 1.76. The number of fused-ring (bicyclic) bond motifs is 1. The monoisotopic (exact) mass is 218 g/mol. The predicted molar refractivity (Wildman–Crippen MR) is 67.8 cm³/mol. The summed E-state index contributed by atoms with van der Waals surface area (Å²) in [5.41, 5.74) is 8.99. The van der Waals surface area contributed by atoms with E-state index < -0.39 is 0 Å². The Morgan fingerprint density at radius 3 is 2.88 bits per heavy atom. The number of likely N-dealkylation sites (N-methyl/N-ethyl adjacent to an activating group) is 1. The van der Waals surface area contributed by atoms with Crippen molar-refractivity contribution in [1.82, 2.24) is 9.55 Å². The van der Waals surface area contributed by atoms with Gasteiger partial charge >= 0.3 is 0 Å². The Balaban J connectivity index is 2.51. The van der Waals surface area contributed by atoms with Gasteiger partial charge in [0, 0.05) is 27.2 Å². The Kier molecular flexibility index (Phi) is 2.83. The molecule has 0 saturated heterocycles. The zero-order valence-electron chi connectivity index (χ0n) is 10.1. The number of hydrogen-bond donors (Lipinski definition) is 1. The molecule has 0 saturated carbocycles. The van der Waals surface area contributed by atoms with Gasteiger partial charge in [-0.15, -0.1) is 0 Å². The van der Waals surface area contributed by atoms with Gasteiger partial charge in [0.05, 0.1) is 11.0 Å². The lowest BCUT2D eigenvalue weighted by atomic mass is 10.2. The van der Waals surface area contributed by atoms with Crippen LogP contribution in [0, 0.1) is 6.92 Å². The van der Waals surface area contributed by atoms with Crippen LogP contribution in [0.25, 0.3) is 11.0 Å². The summed E-state index contributed by atoms with van der Waals surface area (Å²) in [6.07, 6.45) is 0. The molecule has 2 rings (SSSR count). The van der Waals surface area contributed by atoms with Crippen LogP contribution in [0.4, 0.5) is 5.95 Å². The smallest absolute Gasteiger partial charge is 0.206 e. The highest BCUT2D eigenvalue weighted by Gasteiger charge is 2.10. The highest BCUT2D eigenvalue weighted by molar-refractivity contribution is 5.79. The number of benzene rings is 1. The third-order valence-corrected chi connectivity index (χ3v) is 2.82. The minimum absolute atomic E-state index is 0.638. The molecule has 16 heavy (non-hydrogen) atoms. The maximum atomic E-state index is 5.56. The van der Waals surface area contributed by atoms with Crippen molar-refractivity contribution >= 4 is 17.0 Å². The zero-order chi connectivity index (χ0) is 11.7. The normalized spacial score (nSPS) is 11.0. The average Bonchev–Trinajstić information content (AvgIpc) is 2.56. The molecule has 0 unspecified atom stereocenters. The van der Waals surface area contributed by atoms with Gasteiger partial charge in [0.15, 0.2) is 0 Å². The molecule has 0 amide bonds. The van der Waals surface area contributed by atoms with Gasteiger partial charge in [-0.2, -0.15) is 0 Å². The van der Waals surface area contributed by atoms with Crippen molar-refractivity contribution in [2.24, 2.45) is 12.8 Å². The van der Waals surface area contributed by atoms with Crippen LogP contribution in [0.2, 0.25) is 0 Å². The van der Waals surface area contributed by atoms with Crippen LogP contribution in [-0.2, 0) is 7.05 Å². The number of imidazole rings is 1. The Hall–Kier alpha value is -1.55. The summed E-state index contributed by atoms with van der Waals surface area (Å²) >= 11 is 0. The average molecular weight is 218 g/mol. The van der Waals surface area contributed by atoms with Crippen molar-refractivity contribution in [2.45, 2.75) is 6.92 Å². The number of aromatic nitrogens is 2. The van der Waals surface area contributed by atoms with Crippen LogP contribution in [0.1, 0.15) is 5.56 Å². The maximum Gasteiger partial charge on any atom is 0.206 e. The highest BCUT2D eigenvalue weighted by atomic mass is 15.3. The van der Waals surface area contributed by atoms with E-state index in [9.17, 15) is 0 Å². The standard InChI is InChI=1S/C12H18N4/c1-9-4-5-11-10(8-9)14-12(16(11)3)15(2)7-6-13/h4-5,8H,6-7,13H2,1-3H3. The second-order valence-electron chi connectivity index (χ2n) is 4.17. The summed E-state index contributed by atoms with van der Waals surface area (Å²) in [6, 6.07) is 6.32. The van der Waals surface area contributed by atoms with E-state index in [1.165, 1.54) is 5.56 Å². The van der Waals surface area contributed by atoms with E-state index in [4.69, 9.17) is 5.73 Å². The summed E-state index contributed by atoms with van der Waals surface area (Å²) < 4.78 is 2.10. The molecule has 2 aromatic rings. The molecule has 1 aromatic carbocycles. The van der Waals surface area contributed by atoms with E-state index in [1.807, 2.05) is 14.1 Å². The first-order valence-corrected chi connectivity index (χ1v) is 5.47. The fraction of sp³-hybridized carbons (Fsp3) is 0.417. The van der Waals surface area contributed by atoms with Crippen molar-refractivity contribution in [3.63, 3.8) is 0 Å². The fourth-order valence-corrected chi connectivity index (χ4v) is 1.93. The molecule has 4 nitrogen and oxygen atoms in total. The van der Waals surface area contributed by atoms with Crippen LogP contribution in [0.3, 0.4) is 0 Å². The van der Waals surface area contributed by atoms with Gasteiger partial charge in [0.1, 0.15) is 0 Å². The van der Waals surface area contributed by atoms with E-state index in [0.29, 0.717) is 6.54 Å². The Morgan fingerprint density at radius 2 is 2.19 bits per heavy atom. The fourth-order valence-electron chi connectivity index (χ4n) is 1.93. The summed E-state index contributed by atoms with van der Waals surface area (Å²) in [4.78, 5) is 6.70.